The van der Waals surface area contributed by atoms with Crippen LogP contribution in [0.5, 0.6) is 5.75 Å². The zero-order chi connectivity index (χ0) is 9.68. The van der Waals surface area contributed by atoms with Gasteiger partial charge >= 0.3 is 0 Å². The highest BCUT2D eigenvalue weighted by molar-refractivity contribution is 5.74. The molecule has 66 valence electrons. The van der Waals surface area contributed by atoms with Crippen molar-refractivity contribution in [3.8, 4) is 17.6 Å². The molecule has 0 saturated carbocycles. The molecular weight excluding hydrogens is 164 g/mol. The highest BCUT2D eigenvalue weighted by atomic mass is 16.5. The molecule has 0 bridgehead atoms. The fourth-order valence-corrected chi connectivity index (χ4v) is 1.01. The Bertz CT molecular complexity index is 369. The van der Waals surface area contributed by atoms with Gasteiger partial charge in [0.05, 0.1) is 7.11 Å². The number of carbonyl (C=O) groups is 1. The quantitative estimate of drug-likeness (QED) is 0.477. The highest BCUT2D eigenvalue weighted by Gasteiger charge is 1.96. The van der Waals surface area contributed by atoms with Gasteiger partial charge in [0.1, 0.15) is 5.75 Å². The third kappa shape index (κ3) is 2.34. The number of rotatable bonds is 1. The van der Waals surface area contributed by atoms with Crippen LogP contribution >= 0.6 is 0 Å². The van der Waals surface area contributed by atoms with Crippen LogP contribution in [0.2, 0.25) is 0 Å². The Labute approximate surface area is 77.5 Å². The maximum atomic E-state index is 10.0. The minimum absolute atomic E-state index is 0.587. The summed E-state index contributed by atoms with van der Waals surface area (Å²) in [5, 5.41) is 0. The van der Waals surface area contributed by atoms with Gasteiger partial charge in [-0.15, -0.1) is 0 Å². The van der Waals surface area contributed by atoms with E-state index in [9.17, 15) is 4.79 Å². The van der Waals surface area contributed by atoms with E-state index in [0.717, 1.165) is 16.9 Å². The Morgan fingerprint density at radius 2 is 2.23 bits per heavy atom. The molecule has 1 aromatic rings. The van der Waals surface area contributed by atoms with E-state index in [1.807, 2.05) is 25.1 Å². The van der Waals surface area contributed by atoms with Gasteiger partial charge in [0.15, 0.2) is 6.29 Å². The summed E-state index contributed by atoms with van der Waals surface area (Å²) in [5.41, 5.74) is 1.86. The molecule has 0 N–H and O–H groups in total. The number of ether oxygens (including phenoxy) is 1. The van der Waals surface area contributed by atoms with E-state index in [-0.39, 0.29) is 0 Å². The number of aryl methyl sites for hydroxylation is 1. The Hall–Kier alpha value is -1.75. The predicted octanol–water partition coefficient (Wildman–Crippen LogP) is 1.55. The third-order valence-electron chi connectivity index (χ3n) is 1.70. The first kappa shape index (κ1) is 9.34. The second-order valence-corrected chi connectivity index (χ2v) is 2.57. The monoisotopic (exact) mass is 174 g/mol. The lowest BCUT2D eigenvalue weighted by Gasteiger charge is -2.01. The number of hydrogen-bond donors (Lipinski definition) is 0. The third-order valence-corrected chi connectivity index (χ3v) is 1.70. The van der Waals surface area contributed by atoms with Crippen molar-refractivity contribution in [1.29, 1.82) is 0 Å². The van der Waals surface area contributed by atoms with Gasteiger partial charge in [0.25, 0.3) is 0 Å². The zero-order valence-corrected chi connectivity index (χ0v) is 7.63. The SMILES string of the molecule is COc1ccc(C#CC=O)c(C)c1. The van der Waals surface area contributed by atoms with Crippen molar-refractivity contribution in [2.75, 3.05) is 7.11 Å². The van der Waals surface area contributed by atoms with Gasteiger partial charge in [-0.2, -0.15) is 0 Å². The van der Waals surface area contributed by atoms with Gasteiger partial charge in [0.2, 0.25) is 0 Å². The first-order valence-electron chi connectivity index (χ1n) is 3.87. The Balaban J connectivity index is 3.05. The first-order valence-corrected chi connectivity index (χ1v) is 3.87. The first-order chi connectivity index (χ1) is 6.27. The van der Waals surface area contributed by atoms with Crippen molar-refractivity contribution in [2.45, 2.75) is 6.92 Å². The maximum absolute atomic E-state index is 10.0. The minimum atomic E-state index is 0.587. The standard InChI is InChI=1S/C11H10O2/c1-9-8-11(13-2)6-5-10(9)4-3-7-12/h5-8H,1-2H3. The van der Waals surface area contributed by atoms with Crippen LogP contribution in [-0.4, -0.2) is 13.4 Å². The smallest absolute Gasteiger partial charge is 0.193 e. The molecule has 0 atom stereocenters. The molecule has 2 heteroatoms. The molecule has 1 aromatic carbocycles. The van der Waals surface area contributed by atoms with Gasteiger partial charge in [-0.1, -0.05) is 5.92 Å². The summed E-state index contributed by atoms with van der Waals surface area (Å²) >= 11 is 0. The van der Waals surface area contributed by atoms with Crippen LogP contribution in [0.1, 0.15) is 11.1 Å². The normalized spacial score (nSPS) is 8.46. The number of aldehydes is 1. The number of hydrogen-bond acceptors (Lipinski definition) is 2. The summed E-state index contributed by atoms with van der Waals surface area (Å²) in [4.78, 5) is 10.0. The molecule has 0 aromatic heterocycles. The van der Waals surface area contributed by atoms with E-state index < -0.39 is 0 Å². The van der Waals surface area contributed by atoms with E-state index in [1.54, 1.807) is 7.11 Å². The van der Waals surface area contributed by atoms with Crippen LogP contribution < -0.4 is 4.74 Å². The second kappa shape index (κ2) is 4.32. The molecule has 0 aliphatic heterocycles. The molecule has 0 heterocycles. The Morgan fingerprint density at radius 1 is 1.46 bits per heavy atom. The molecule has 0 aliphatic rings. The lowest BCUT2D eigenvalue weighted by atomic mass is 10.1. The van der Waals surface area contributed by atoms with Gasteiger partial charge in [-0.3, -0.25) is 4.79 Å². The molecule has 0 saturated heterocycles. The molecule has 0 spiro atoms. The topological polar surface area (TPSA) is 26.3 Å². The predicted molar refractivity (Wildman–Crippen MR) is 50.7 cm³/mol. The highest BCUT2D eigenvalue weighted by Crippen LogP contribution is 2.15. The lowest BCUT2D eigenvalue weighted by Crippen LogP contribution is -1.86. The summed E-state index contributed by atoms with van der Waals surface area (Å²) in [5.74, 6) is 5.91. The largest absolute Gasteiger partial charge is 0.497 e. The fraction of sp³-hybridized carbons (Fsp3) is 0.182. The van der Waals surface area contributed by atoms with Crippen LogP contribution in [-0.2, 0) is 4.79 Å². The van der Waals surface area contributed by atoms with Crippen LogP contribution in [0, 0.1) is 18.8 Å². The average Bonchev–Trinajstić information content (AvgIpc) is 2.16. The molecule has 0 radical (unpaired) electrons. The lowest BCUT2D eigenvalue weighted by molar-refractivity contribution is -0.103. The van der Waals surface area contributed by atoms with E-state index >= 15 is 0 Å². The van der Waals surface area contributed by atoms with E-state index in [1.165, 1.54) is 0 Å². The van der Waals surface area contributed by atoms with Crippen LogP contribution in [0.25, 0.3) is 0 Å². The van der Waals surface area contributed by atoms with Crippen LogP contribution in [0.15, 0.2) is 18.2 Å². The molecule has 0 unspecified atom stereocenters. The summed E-state index contributed by atoms with van der Waals surface area (Å²) in [6, 6.07) is 5.54. The summed E-state index contributed by atoms with van der Waals surface area (Å²) in [6.45, 7) is 1.93. The minimum Gasteiger partial charge on any atom is -0.497 e. The van der Waals surface area contributed by atoms with Crippen molar-refractivity contribution >= 4 is 6.29 Å². The van der Waals surface area contributed by atoms with Crippen LogP contribution in [0.4, 0.5) is 0 Å². The second-order valence-electron chi connectivity index (χ2n) is 2.57. The van der Waals surface area contributed by atoms with Crippen molar-refractivity contribution < 1.29 is 9.53 Å². The van der Waals surface area contributed by atoms with Gasteiger partial charge in [0, 0.05) is 5.56 Å². The van der Waals surface area contributed by atoms with Crippen molar-refractivity contribution in [1.82, 2.24) is 0 Å². The van der Waals surface area contributed by atoms with Crippen molar-refractivity contribution in [2.24, 2.45) is 0 Å². The van der Waals surface area contributed by atoms with Gasteiger partial charge in [-0.25, -0.2) is 0 Å². The molecule has 1 rings (SSSR count). The molecule has 0 aliphatic carbocycles. The van der Waals surface area contributed by atoms with Gasteiger partial charge in [-0.05, 0) is 36.6 Å². The Kier molecular flexibility index (Phi) is 3.10. The van der Waals surface area contributed by atoms with E-state index in [2.05, 4.69) is 11.8 Å². The zero-order valence-electron chi connectivity index (χ0n) is 7.63. The summed E-state index contributed by atoms with van der Waals surface area (Å²) < 4.78 is 5.04. The molecular formula is C11H10O2. The Morgan fingerprint density at radius 3 is 2.77 bits per heavy atom. The molecule has 2 nitrogen and oxygen atoms in total. The summed E-state index contributed by atoms with van der Waals surface area (Å²) in [6.07, 6.45) is 0.587. The number of carbonyl (C=O) groups excluding carboxylic acids is 1. The van der Waals surface area contributed by atoms with E-state index in [4.69, 9.17) is 4.74 Å². The van der Waals surface area contributed by atoms with Gasteiger partial charge < -0.3 is 4.74 Å². The fourth-order valence-electron chi connectivity index (χ4n) is 1.01. The molecule has 0 fully saturated rings. The summed E-state index contributed by atoms with van der Waals surface area (Å²) in [7, 11) is 1.62. The van der Waals surface area contributed by atoms with Crippen molar-refractivity contribution in [3.05, 3.63) is 29.3 Å². The van der Waals surface area contributed by atoms with E-state index in [0.29, 0.717) is 6.29 Å². The van der Waals surface area contributed by atoms with Crippen LogP contribution in [0.3, 0.4) is 0 Å². The molecule has 0 amide bonds. The average molecular weight is 174 g/mol. The maximum Gasteiger partial charge on any atom is 0.193 e. The number of benzene rings is 1. The molecule has 13 heavy (non-hydrogen) atoms. The van der Waals surface area contributed by atoms with Crippen molar-refractivity contribution in [3.63, 3.8) is 0 Å². The number of methoxy groups -OCH3 is 1.